The van der Waals surface area contributed by atoms with Gasteiger partial charge in [0.15, 0.2) is 5.69 Å². The molecule has 1 spiro atoms. The second-order valence-corrected chi connectivity index (χ2v) is 13.2. The van der Waals surface area contributed by atoms with Crippen LogP contribution in [0.2, 0.25) is 0 Å². The Hall–Kier alpha value is -3.60. The van der Waals surface area contributed by atoms with Crippen molar-refractivity contribution in [1.82, 2.24) is 29.4 Å². The average Bonchev–Trinajstić information content (AvgIpc) is 3.13. The number of hydrogen-bond donors (Lipinski definition) is 4. The molecule has 4 N–H and O–H groups in total. The quantitative estimate of drug-likeness (QED) is 0.372. The van der Waals surface area contributed by atoms with Crippen molar-refractivity contribution < 1.29 is 37.3 Å². The Morgan fingerprint density at radius 1 is 1.19 bits per heavy atom. The van der Waals surface area contributed by atoms with Gasteiger partial charge in [0, 0.05) is 70.8 Å². The SMILES string of the molecule is CC1CN(S(=O)(=O)c2cc(F)ccc2CNC(=O)c2nc3n(c(=O)c2O)CCCOC32CCN(C(=O)O)CC2)CC(C)N1. The second-order valence-electron chi connectivity index (χ2n) is 11.3. The molecule has 3 aliphatic rings. The molecule has 0 bridgehead atoms. The molecule has 43 heavy (non-hydrogen) atoms. The predicted octanol–water partition coefficient (Wildman–Crippen LogP) is 0.778. The summed E-state index contributed by atoms with van der Waals surface area (Å²) in [7, 11) is -4.13. The van der Waals surface area contributed by atoms with Gasteiger partial charge >= 0.3 is 6.09 Å². The molecule has 2 aromatic rings. The minimum atomic E-state index is -4.13. The van der Waals surface area contributed by atoms with Crippen LogP contribution in [0.15, 0.2) is 27.9 Å². The fraction of sp³-hybridized carbons (Fsp3) is 0.556. The van der Waals surface area contributed by atoms with Gasteiger partial charge in [-0.25, -0.2) is 22.6 Å². The lowest BCUT2D eigenvalue weighted by atomic mass is 9.89. The minimum Gasteiger partial charge on any atom is -0.501 e. The van der Waals surface area contributed by atoms with Crippen LogP contribution in [-0.2, 0) is 33.5 Å². The number of aromatic hydroxyl groups is 1. The molecule has 1 aromatic carbocycles. The number of carbonyl (C=O) groups is 2. The van der Waals surface area contributed by atoms with Crippen molar-refractivity contribution in [1.29, 1.82) is 0 Å². The maximum absolute atomic E-state index is 14.3. The summed E-state index contributed by atoms with van der Waals surface area (Å²) in [6.07, 6.45) is -0.256. The van der Waals surface area contributed by atoms with Crippen molar-refractivity contribution in [2.24, 2.45) is 0 Å². The van der Waals surface area contributed by atoms with Gasteiger partial charge in [-0.2, -0.15) is 4.31 Å². The zero-order chi connectivity index (χ0) is 31.1. The van der Waals surface area contributed by atoms with E-state index in [1.807, 2.05) is 13.8 Å². The van der Waals surface area contributed by atoms with Crippen LogP contribution in [0.3, 0.4) is 0 Å². The Morgan fingerprint density at radius 2 is 1.86 bits per heavy atom. The molecule has 2 saturated heterocycles. The van der Waals surface area contributed by atoms with E-state index < -0.39 is 50.4 Å². The monoisotopic (exact) mass is 622 g/mol. The number of piperazine rings is 1. The van der Waals surface area contributed by atoms with Gasteiger partial charge in [0.2, 0.25) is 15.8 Å². The van der Waals surface area contributed by atoms with E-state index in [4.69, 9.17) is 4.74 Å². The molecule has 2 amide bonds. The highest BCUT2D eigenvalue weighted by Gasteiger charge is 2.44. The number of piperidine rings is 1. The molecule has 2 atom stereocenters. The van der Waals surface area contributed by atoms with Gasteiger partial charge in [-0.15, -0.1) is 0 Å². The normalized spacial score (nSPS) is 22.5. The van der Waals surface area contributed by atoms with E-state index in [0.717, 1.165) is 12.1 Å². The van der Waals surface area contributed by atoms with Crippen LogP contribution in [0.5, 0.6) is 5.75 Å². The van der Waals surface area contributed by atoms with Gasteiger partial charge in [0.25, 0.3) is 11.5 Å². The minimum absolute atomic E-state index is 0.111. The lowest BCUT2D eigenvalue weighted by Crippen LogP contribution is -2.55. The van der Waals surface area contributed by atoms with Crippen molar-refractivity contribution in [3.8, 4) is 5.75 Å². The summed E-state index contributed by atoms with van der Waals surface area (Å²) >= 11 is 0. The molecule has 5 rings (SSSR count). The maximum atomic E-state index is 14.3. The number of hydrogen-bond acceptors (Lipinski definition) is 9. The van der Waals surface area contributed by atoms with Crippen molar-refractivity contribution in [3.63, 3.8) is 0 Å². The highest BCUT2D eigenvalue weighted by atomic mass is 32.2. The number of rotatable bonds is 5. The van der Waals surface area contributed by atoms with Gasteiger partial charge in [0.05, 0.1) is 4.90 Å². The van der Waals surface area contributed by atoms with Crippen LogP contribution in [0.4, 0.5) is 9.18 Å². The highest BCUT2D eigenvalue weighted by molar-refractivity contribution is 7.89. The molecule has 4 heterocycles. The zero-order valence-electron chi connectivity index (χ0n) is 23.9. The Kier molecular flexibility index (Phi) is 8.48. The van der Waals surface area contributed by atoms with Crippen LogP contribution in [0.1, 0.15) is 55.0 Å². The summed E-state index contributed by atoms with van der Waals surface area (Å²) in [4.78, 5) is 43.3. The number of nitrogens with one attached hydrogen (secondary N) is 2. The molecule has 1 aromatic heterocycles. The Balaban J connectivity index is 1.44. The number of carbonyl (C=O) groups excluding carboxylic acids is 1. The number of likely N-dealkylation sites (tertiary alicyclic amines) is 1. The van der Waals surface area contributed by atoms with Crippen LogP contribution >= 0.6 is 0 Å². The van der Waals surface area contributed by atoms with Crippen molar-refractivity contribution in [2.75, 3.05) is 32.8 Å². The third-order valence-electron chi connectivity index (χ3n) is 8.12. The van der Waals surface area contributed by atoms with Crippen LogP contribution in [-0.4, -0.2) is 94.3 Å². The lowest BCUT2D eigenvalue weighted by molar-refractivity contribution is -0.0880. The Bertz CT molecular complexity index is 1580. The average molecular weight is 623 g/mol. The van der Waals surface area contributed by atoms with Crippen molar-refractivity contribution in [3.05, 3.63) is 51.5 Å². The first kappa shape index (κ1) is 30.8. The van der Waals surface area contributed by atoms with Crippen molar-refractivity contribution in [2.45, 2.75) is 68.8 Å². The van der Waals surface area contributed by atoms with Gasteiger partial charge in [-0.05, 0) is 38.0 Å². The predicted molar refractivity (Wildman–Crippen MR) is 150 cm³/mol. The number of ether oxygens (including phenoxy) is 1. The summed E-state index contributed by atoms with van der Waals surface area (Å²) in [6, 6.07) is 3.00. The van der Waals surface area contributed by atoms with E-state index in [0.29, 0.717) is 6.42 Å². The number of nitrogens with zero attached hydrogens (tertiary/aromatic N) is 4. The number of sulfonamides is 1. The molecule has 14 nitrogen and oxygen atoms in total. The molecule has 0 radical (unpaired) electrons. The van der Waals surface area contributed by atoms with E-state index in [2.05, 4.69) is 15.6 Å². The number of benzene rings is 1. The lowest BCUT2D eigenvalue weighted by Gasteiger charge is -2.40. The molecule has 3 aliphatic heterocycles. The summed E-state index contributed by atoms with van der Waals surface area (Å²) in [6.45, 7) is 4.39. The smallest absolute Gasteiger partial charge is 0.407 e. The number of aromatic nitrogens is 2. The number of carboxylic acid groups (broad SMARTS) is 1. The third-order valence-corrected chi connectivity index (χ3v) is 10.0. The molecule has 0 saturated carbocycles. The zero-order valence-corrected chi connectivity index (χ0v) is 24.7. The molecular weight excluding hydrogens is 587 g/mol. The first-order chi connectivity index (χ1) is 20.3. The third kappa shape index (κ3) is 5.96. The molecular formula is C27H35FN6O8S. The summed E-state index contributed by atoms with van der Waals surface area (Å²) in [5.41, 5.74) is -2.44. The van der Waals surface area contributed by atoms with Gasteiger partial charge in [-0.3, -0.25) is 14.2 Å². The molecule has 16 heteroatoms. The van der Waals surface area contributed by atoms with Crippen LogP contribution < -0.4 is 16.2 Å². The van der Waals surface area contributed by atoms with E-state index in [1.165, 1.54) is 19.8 Å². The van der Waals surface area contributed by atoms with E-state index in [1.54, 1.807) is 0 Å². The highest BCUT2D eigenvalue weighted by Crippen LogP contribution is 2.38. The van der Waals surface area contributed by atoms with E-state index in [9.17, 15) is 37.4 Å². The first-order valence-corrected chi connectivity index (χ1v) is 15.6. The maximum Gasteiger partial charge on any atom is 0.407 e. The number of halogens is 1. The van der Waals surface area contributed by atoms with Gasteiger partial charge < -0.3 is 30.5 Å². The summed E-state index contributed by atoms with van der Waals surface area (Å²) < 4.78 is 50.1. The molecule has 2 unspecified atom stereocenters. The van der Waals surface area contributed by atoms with Crippen molar-refractivity contribution >= 4 is 22.0 Å². The Labute approximate surface area is 247 Å². The Morgan fingerprint density at radius 3 is 2.51 bits per heavy atom. The van der Waals surface area contributed by atoms with Gasteiger partial charge in [0.1, 0.15) is 17.2 Å². The molecule has 0 aliphatic carbocycles. The van der Waals surface area contributed by atoms with E-state index >= 15 is 0 Å². The molecule has 234 valence electrons. The summed E-state index contributed by atoms with van der Waals surface area (Å²) in [5, 5.41) is 25.9. The second kappa shape index (κ2) is 11.8. The largest absolute Gasteiger partial charge is 0.501 e. The summed E-state index contributed by atoms with van der Waals surface area (Å²) in [5.74, 6) is -2.47. The fourth-order valence-corrected chi connectivity index (χ4v) is 7.88. The van der Waals surface area contributed by atoms with Gasteiger partial charge in [-0.1, -0.05) is 6.07 Å². The topological polar surface area (TPSA) is 183 Å². The van der Waals surface area contributed by atoms with Crippen LogP contribution in [0.25, 0.3) is 0 Å². The fourth-order valence-electron chi connectivity index (χ4n) is 6.03. The first-order valence-electron chi connectivity index (χ1n) is 14.1. The number of fused-ring (bicyclic) bond motifs is 2. The number of amides is 2. The standard InChI is InChI=1S/C27H35FN6O8S/c1-16-14-33(15-17(2)30-16)43(40,41)20-12-19(28)5-4-18(20)13-29-23(36)21-22(35)24(37)34-8-3-11-42-27(25(34)31-21)6-9-32(10-7-27)26(38)39/h4-5,12,16-17,30,35H,3,6-11,13-15H2,1-2H3,(H,29,36)(H,38,39). The molecule has 2 fully saturated rings. The van der Waals surface area contributed by atoms with Crippen LogP contribution in [0, 0.1) is 5.82 Å². The van der Waals surface area contributed by atoms with E-state index in [-0.39, 0.29) is 87.1 Å².